The summed E-state index contributed by atoms with van der Waals surface area (Å²) in [6.07, 6.45) is 2.38. The van der Waals surface area contributed by atoms with Crippen LogP contribution in [0, 0.1) is 5.92 Å². The molecule has 1 rings (SSSR count). The van der Waals surface area contributed by atoms with Gasteiger partial charge in [-0.3, -0.25) is 19.6 Å². The lowest BCUT2D eigenvalue weighted by Gasteiger charge is -2.28. The van der Waals surface area contributed by atoms with Gasteiger partial charge in [0.15, 0.2) is 0 Å². The fraction of sp³-hybridized carbons (Fsp3) is 0.800. The Kier molecular flexibility index (Phi) is 4.08. The molecule has 1 heterocycles. The maximum atomic E-state index is 11.9. The van der Waals surface area contributed by atoms with Gasteiger partial charge in [0.2, 0.25) is 6.41 Å². The SMILES string of the molecule is CCC(C)[C@H](N)C(=O)N1CCCN1C=O. The van der Waals surface area contributed by atoms with Gasteiger partial charge in [0.05, 0.1) is 6.04 Å². The highest BCUT2D eigenvalue weighted by Crippen LogP contribution is 2.14. The summed E-state index contributed by atoms with van der Waals surface area (Å²) in [5.41, 5.74) is 5.83. The van der Waals surface area contributed by atoms with Crippen LogP contribution in [0.2, 0.25) is 0 Å². The number of hydrogen-bond donors (Lipinski definition) is 1. The van der Waals surface area contributed by atoms with E-state index in [1.165, 1.54) is 10.0 Å². The standard InChI is InChI=1S/C10H19N3O2/c1-3-8(2)9(11)10(15)13-6-4-5-12(13)7-14/h7-9H,3-6,11H2,1-2H3/t8?,9-/m0/s1. The van der Waals surface area contributed by atoms with Gasteiger partial charge < -0.3 is 5.73 Å². The first kappa shape index (κ1) is 12.0. The summed E-state index contributed by atoms with van der Waals surface area (Å²) >= 11 is 0. The summed E-state index contributed by atoms with van der Waals surface area (Å²) in [6.45, 7) is 5.16. The summed E-state index contributed by atoms with van der Waals surface area (Å²) in [5.74, 6) is 0.000511. The number of amides is 2. The highest BCUT2D eigenvalue weighted by Gasteiger charge is 2.31. The van der Waals surface area contributed by atoms with Gasteiger partial charge >= 0.3 is 0 Å². The maximum Gasteiger partial charge on any atom is 0.258 e. The third kappa shape index (κ3) is 2.47. The Labute approximate surface area is 90.2 Å². The molecule has 2 amide bonds. The minimum Gasteiger partial charge on any atom is -0.320 e. The molecular weight excluding hydrogens is 194 g/mol. The van der Waals surface area contributed by atoms with E-state index >= 15 is 0 Å². The molecule has 0 aliphatic carbocycles. The van der Waals surface area contributed by atoms with Crippen molar-refractivity contribution in [1.29, 1.82) is 0 Å². The van der Waals surface area contributed by atoms with Crippen molar-refractivity contribution in [3.8, 4) is 0 Å². The number of hydrazine groups is 1. The van der Waals surface area contributed by atoms with Crippen molar-refractivity contribution in [2.45, 2.75) is 32.7 Å². The van der Waals surface area contributed by atoms with Crippen LogP contribution in [0.25, 0.3) is 0 Å². The highest BCUT2D eigenvalue weighted by molar-refractivity contribution is 5.82. The summed E-state index contributed by atoms with van der Waals surface area (Å²) < 4.78 is 0. The Morgan fingerprint density at radius 3 is 2.73 bits per heavy atom. The fourth-order valence-corrected chi connectivity index (χ4v) is 1.65. The van der Waals surface area contributed by atoms with E-state index in [0.29, 0.717) is 19.5 Å². The van der Waals surface area contributed by atoms with E-state index < -0.39 is 6.04 Å². The quantitative estimate of drug-likeness (QED) is 0.667. The van der Waals surface area contributed by atoms with Crippen LogP contribution in [0.5, 0.6) is 0 Å². The molecule has 0 saturated carbocycles. The van der Waals surface area contributed by atoms with Crippen molar-refractivity contribution in [1.82, 2.24) is 10.0 Å². The largest absolute Gasteiger partial charge is 0.320 e. The minimum absolute atomic E-state index is 0.144. The molecule has 0 bridgehead atoms. The fourth-order valence-electron chi connectivity index (χ4n) is 1.65. The monoisotopic (exact) mass is 213 g/mol. The van der Waals surface area contributed by atoms with E-state index in [9.17, 15) is 9.59 Å². The normalized spacial score (nSPS) is 20.2. The summed E-state index contributed by atoms with van der Waals surface area (Å²) in [6, 6.07) is -0.504. The second-order valence-electron chi connectivity index (χ2n) is 3.99. The molecule has 1 aliphatic heterocycles. The lowest BCUT2D eigenvalue weighted by molar-refractivity contribution is -0.152. The molecule has 1 fully saturated rings. The third-order valence-electron chi connectivity index (χ3n) is 2.99. The van der Waals surface area contributed by atoms with E-state index in [-0.39, 0.29) is 11.8 Å². The van der Waals surface area contributed by atoms with Gasteiger partial charge in [-0.25, -0.2) is 0 Å². The molecule has 2 N–H and O–H groups in total. The number of hydrogen-bond acceptors (Lipinski definition) is 3. The Morgan fingerprint density at radius 1 is 1.53 bits per heavy atom. The molecule has 15 heavy (non-hydrogen) atoms. The van der Waals surface area contributed by atoms with Crippen LogP contribution in [0.4, 0.5) is 0 Å². The molecule has 1 aliphatic rings. The second-order valence-corrected chi connectivity index (χ2v) is 3.99. The first-order valence-corrected chi connectivity index (χ1v) is 5.40. The lowest BCUT2D eigenvalue weighted by Crippen LogP contribution is -2.50. The van der Waals surface area contributed by atoms with Gasteiger partial charge in [0, 0.05) is 13.1 Å². The van der Waals surface area contributed by atoms with Gasteiger partial charge in [0.25, 0.3) is 5.91 Å². The Bertz CT molecular complexity index is 245. The molecule has 1 saturated heterocycles. The summed E-state index contributed by atoms with van der Waals surface area (Å²) in [4.78, 5) is 22.6. The van der Waals surface area contributed by atoms with Crippen molar-refractivity contribution in [2.24, 2.45) is 11.7 Å². The van der Waals surface area contributed by atoms with Crippen molar-refractivity contribution >= 4 is 12.3 Å². The number of carbonyl (C=O) groups excluding carboxylic acids is 2. The number of rotatable bonds is 4. The van der Waals surface area contributed by atoms with Crippen molar-refractivity contribution in [3.63, 3.8) is 0 Å². The average Bonchev–Trinajstić information content (AvgIpc) is 2.73. The smallest absolute Gasteiger partial charge is 0.258 e. The van der Waals surface area contributed by atoms with Crippen molar-refractivity contribution < 1.29 is 9.59 Å². The molecule has 0 spiro atoms. The second kappa shape index (κ2) is 5.11. The minimum atomic E-state index is -0.504. The zero-order valence-electron chi connectivity index (χ0n) is 9.35. The zero-order chi connectivity index (χ0) is 11.4. The molecule has 86 valence electrons. The third-order valence-corrected chi connectivity index (χ3v) is 2.99. The van der Waals surface area contributed by atoms with Crippen LogP contribution in [-0.4, -0.2) is 41.5 Å². The molecule has 0 radical (unpaired) electrons. The molecule has 0 aromatic heterocycles. The van der Waals surface area contributed by atoms with Gasteiger partial charge in [0.1, 0.15) is 0 Å². The van der Waals surface area contributed by atoms with Gasteiger partial charge in [-0.15, -0.1) is 0 Å². The molecular formula is C10H19N3O2. The predicted molar refractivity (Wildman–Crippen MR) is 56.5 cm³/mol. The summed E-state index contributed by atoms with van der Waals surface area (Å²) in [5, 5.41) is 2.87. The van der Waals surface area contributed by atoms with Gasteiger partial charge in [-0.1, -0.05) is 20.3 Å². The maximum absolute atomic E-state index is 11.9. The van der Waals surface area contributed by atoms with Crippen LogP contribution in [0.1, 0.15) is 26.7 Å². The van der Waals surface area contributed by atoms with Crippen LogP contribution in [0.15, 0.2) is 0 Å². The van der Waals surface area contributed by atoms with Gasteiger partial charge in [-0.05, 0) is 12.3 Å². The molecule has 1 unspecified atom stereocenters. The summed E-state index contributed by atoms with van der Waals surface area (Å²) in [7, 11) is 0. The van der Waals surface area contributed by atoms with E-state index in [2.05, 4.69) is 0 Å². The van der Waals surface area contributed by atoms with Crippen LogP contribution < -0.4 is 5.73 Å². The first-order valence-electron chi connectivity index (χ1n) is 5.40. The zero-order valence-corrected chi connectivity index (χ0v) is 9.35. The van der Waals surface area contributed by atoms with Crippen LogP contribution in [-0.2, 0) is 9.59 Å². The van der Waals surface area contributed by atoms with E-state index in [4.69, 9.17) is 5.73 Å². The number of nitrogens with two attached hydrogens (primary N) is 1. The number of carbonyl (C=O) groups is 2. The molecule has 0 aromatic carbocycles. The van der Waals surface area contributed by atoms with E-state index in [0.717, 1.165) is 12.8 Å². The predicted octanol–water partition coefficient (Wildman–Crippen LogP) is -0.0345. The number of nitrogens with zero attached hydrogens (tertiary/aromatic N) is 2. The lowest BCUT2D eigenvalue weighted by atomic mass is 9.99. The van der Waals surface area contributed by atoms with Gasteiger partial charge in [-0.2, -0.15) is 0 Å². The van der Waals surface area contributed by atoms with Crippen LogP contribution >= 0.6 is 0 Å². The molecule has 5 heteroatoms. The topological polar surface area (TPSA) is 66.6 Å². The molecule has 2 atom stereocenters. The Hall–Kier alpha value is -1.10. The van der Waals surface area contributed by atoms with Crippen molar-refractivity contribution in [2.75, 3.05) is 13.1 Å². The Balaban J connectivity index is 2.63. The van der Waals surface area contributed by atoms with E-state index in [1.54, 1.807) is 0 Å². The Morgan fingerprint density at radius 2 is 2.20 bits per heavy atom. The average molecular weight is 213 g/mol. The van der Waals surface area contributed by atoms with E-state index in [1.807, 2.05) is 13.8 Å². The van der Waals surface area contributed by atoms with Crippen molar-refractivity contribution in [3.05, 3.63) is 0 Å². The molecule has 5 nitrogen and oxygen atoms in total. The van der Waals surface area contributed by atoms with Crippen LogP contribution in [0.3, 0.4) is 0 Å². The molecule has 0 aromatic rings. The first-order chi connectivity index (χ1) is 7.11. The highest BCUT2D eigenvalue weighted by atomic mass is 16.2.